The molecule has 0 aromatic rings. The van der Waals surface area contributed by atoms with Gasteiger partial charge in [0.15, 0.2) is 8.32 Å². The number of piperidine rings is 1. The smallest absolute Gasteiger partial charge is 0.410 e. The Kier molecular flexibility index (Phi) is 6.13. The summed E-state index contributed by atoms with van der Waals surface area (Å²) in [7, 11) is -1.89. The van der Waals surface area contributed by atoms with Crippen molar-refractivity contribution in [2.45, 2.75) is 90.3 Å². The number of rotatable bonds is 3. The maximum absolute atomic E-state index is 12.5. The van der Waals surface area contributed by atoms with E-state index in [1.54, 1.807) is 4.90 Å². The van der Waals surface area contributed by atoms with Gasteiger partial charge >= 0.3 is 6.09 Å². The number of carbonyl (C=O) groups is 1. The van der Waals surface area contributed by atoms with Gasteiger partial charge in [-0.25, -0.2) is 4.79 Å². The normalized spacial score (nSPS) is 23.6. The Morgan fingerprint density at radius 2 is 1.78 bits per heavy atom. The molecule has 1 aliphatic rings. The van der Waals surface area contributed by atoms with Crippen LogP contribution in [-0.4, -0.2) is 43.6 Å². The fourth-order valence-corrected chi connectivity index (χ4v) is 3.85. The van der Waals surface area contributed by atoms with Gasteiger partial charge in [-0.1, -0.05) is 26.8 Å². The van der Waals surface area contributed by atoms with Crippen molar-refractivity contribution in [3.05, 3.63) is 12.7 Å². The molecule has 0 radical (unpaired) electrons. The second-order valence-corrected chi connectivity index (χ2v) is 13.7. The average Bonchev–Trinajstić information content (AvgIpc) is 2.34. The third kappa shape index (κ3) is 5.35. The maximum Gasteiger partial charge on any atom is 0.410 e. The molecule has 1 amide bonds. The van der Waals surface area contributed by atoms with Crippen molar-refractivity contribution in [2.75, 3.05) is 6.54 Å². The van der Waals surface area contributed by atoms with Gasteiger partial charge in [0.05, 0.1) is 12.1 Å². The molecule has 1 heterocycles. The van der Waals surface area contributed by atoms with E-state index in [1.165, 1.54) is 0 Å². The van der Waals surface area contributed by atoms with Crippen molar-refractivity contribution in [3.63, 3.8) is 0 Å². The predicted octanol–water partition coefficient (Wildman–Crippen LogP) is 4.96. The molecule has 0 aromatic heterocycles. The van der Waals surface area contributed by atoms with Crippen LogP contribution in [0.4, 0.5) is 4.79 Å². The van der Waals surface area contributed by atoms with E-state index in [0.29, 0.717) is 6.54 Å². The van der Waals surface area contributed by atoms with Gasteiger partial charge in [0.1, 0.15) is 5.60 Å². The summed E-state index contributed by atoms with van der Waals surface area (Å²) in [6.45, 7) is 21.5. The summed E-state index contributed by atoms with van der Waals surface area (Å²) in [5, 5.41) is 0.146. The lowest BCUT2D eigenvalue weighted by atomic mass is 9.99. The average molecular weight is 342 g/mol. The number of hydrogen-bond donors (Lipinski definition) is 0. The van der Waals surface area contributed by atoms with E-state index in [9.17, 15) is 4.79 Å². The van der Waals surface area contributed by atoms with Crippen LogP contribution in [-0.2, 0) is 9.16 Å². The van der Waals surface area contributed by atoms with Crippen molar-refractivity contribution < 1.29 is 14.0 Å². The lowest BCUT2D eigenvalue weighted by molar-refractivity contribution is -0.00843. The standard InChI is InChI=1S/C18H35NO3Si/c1-10-14-15(22-23(8,9)18(5,6)7)12-11-13-19(14)16(20)21-17(2,3)4/h10,14-15H,1,11-13H2,2-9H3/t14-,15+/m1/s1. The van der Waals surface area contributed by atoms with E-state index in [-0.39, 0.29) is 23.3 Å². The molecule has 0 bridgehead atoms. The van der Waals surface area contributed by atoms with E-state index in [2.05, 4.69) is 40.4 Å². The van der Waals surface area contributed by atoms with Crippen LogP contribution < -0.4 is 0 Å². The molecule has 1 fully saturated rings. The molecular weight excluding hydrogens is 306 g/mol. The molecule has 2 atom stereocenters. The minimum Gasteiger partial charge on any atom is -0.444 e. The number of ether oxygens (including phenoxy) is 1. The van der Waals surface area contributed by atoms with Gasteiger partial charge in [-0.3, -0.25) is 4.90 Å². The lowest BCUT2D eigenvalue weighted by Crippen LogP contribution is -2.56. The van der Waals surface area contributed by atoms with Crippen LogP contribution in [0, 0.1) is 0 Å². The van der Waals surface area contributed by atoms with Gasteiger partial charge in [-0.2, -0.15) is 0 Å². The highest BCUT2D eigenvalue weighted by Crippen LogP contribution is 2.39. The topological polar surface area (TPSA) is 38.8 Å². The van der Waals surface area contributed by atoms with Crippen molar-refractivity contribution in [2.24, 2.45) is 0 Å². The Hall–Kier alpha value is -0.813. The van der Waals surface area contributed by atoms with E-state index < -0.39 is 13.9 Å². The van der Waals surface area contributed by atoms with Crippen molar-refractivity contribution >= 4 is 14.4 Å². The Balaban J connectivity index is 2.91. The van der Waals surface area contributed by atoms with Gasteiger partial charge in [0.2, 0.25) is 0 Å². The second-order valence-electron chi connectivity index (χ2n) is 8.96. The zero-order valence-corrected chi connectivity index (χ0v) is 17.2. The lowest BCUT2D eigenvalue weighted by Gasteiger charge is -2.45. The molecule has 0 unspecified atom stereocenters. The number of nitrogens with zero attached hydrogens (tertiary/aromatic N) is 1. The third-order valence-electron chi connectivity index (χ3n) is 4.75. The van der Waals surface area contributed by atoms with Crippen LogP contribution in [0.15, 0.2) is 12.7 Å². The molecule has 23 heavy (non-hydrogen) atoms. The molecular formula is C18H35NO3Si. The first-order valence-electron chi connectivity index (χ1n) is 8.58. The van der Waals surface area contributed by atoms with Crippen LogP contribution in [0.1, 0.15) is 54.4 Å². The Morgan fingerprint density at radius 1 is 1.22 bits per heavy atom. The number of carbonyl (C=O) groups excluding carboxylic acids is 1. The highest BCUT2D eigenvalue weighted by Gasteiger charge is 2.43. The first-order valence-corrected chi connectivity index (χ1v) is 11.5. The summed E-state index contributed by atoms with van der Waals surface area (Å²) in [6, 6.07) is -0.118. The summed E-state index contributed by atoms with van der Waals surface area (Å²) < 4.78 is 12.1. The third-order valence-corrected chi connectivity index (χ3v) is 9.25. The maximum atomic E-state index is 12.5. The SMILES string of the molecule is C=C[C@@H]1[C@@H](O[Si](C)(C)C(C)(C)C)CCCN1C(=O)OC(C)(C)C. The molecule has 4 nitrogen and oxygen atoms in total. The molecule has 1 saturated heterocycles. The van der Waals surface area contributed by atoms with Crippen molar-refractivity contribution in [1.82, 2.24) is 4.90 Å². The monoisotopic (exact) mass is 341 g/mol. The largest absolute Gasteiger partial charge is 0.444 e. The van der Waals surface area contributed by atoms with Gasteiger partial charge in [0.25, 0.3) is 0 Å². The Morgan fingerprint density at radius 3 is 2.22 bits per heavy atom. The number of likely N-dealkylation sites (tertiary alicyclic amines) is 1. The summed E-state index contributed by atoms with van der Waals surface area (Å²) in [5.41, 5.74) is -0.490. The summed E-state index contributed by atoms with van der Waals surface area (Å²) in [5.74, 6) is 0. The van der Waals surface area contributed by atoms with Gasteiger partial charge in [0, 0.05) is 6.54 Å². The molecule has 5 heteroatoms. The number of amides is 1. The van der Waals surface area contributed by atoms with Crippen LogP contribution in [0.5, 0.6) is 0 Å². The fraction of sp³-hybridized carbons (Fsp3) is 0.833. The van der Waals surface area contributed by atoms with Crippen LogP contribution >= 0.6 is 0 Å². The molecule has 0 spiro atoms. The number of hydrogen-bond acceptors (Lipinski definition) is 3. The quantitative estimate of drug-likeness (QED) is 0.538. The van der Waals surface area contributed by atoms with Crippen molar-refractivity contribution in [1.29, 1.82) is 0 Å². The molecule has 0 N–H and O–H groups in total. The summed E-state index contributed by atoms with van der Waals surface area (Å²) in [6.07, 6.45) is 3.47. The second kappa shape index (κ2) is 6.97. The first-order chi connectivity index (χ1) is 10.3. The van der Waals surface area contributed by atoms with Crippen LogP contribution in [0.25, 0.3) is 0 Å². The molecule has 0 aromatic carbocycles. The summed E-state index contributed by atoms with van der Waals surface area (Å²) >= 11 is 0. The zero-order valence-electron chi connectivity index (χ0n) is 16.2. The molecule has 1 aliphatic heterocycles. The Labute approximate surface area is 143 Å². The van der Waals surface area contributed by atoms with Crippen molar-refractivity contribution in [3.8, 4) is 0 Å². The highest BCUT2D eigenvalue weighted by molar-refractivity contribution is 6.74. The first kappa shape index (κ1) is 20.2. The molecule has 0 aliphatic carbocycles. The predicted molar refractivity (Wildman–Crippen MR) is 98.2 cm³/mol. The molecule has 134 valence electrons. The molecule has 1 rings (SSSR count). The van der Waals surface area contributed by atoms with Crippen LogP contribution in [0.3, 0.4) is 0 Å². The van der Waals surface area contributed by atoms with Gasteiger partial charge in [-0.05, 0) is 51.7 Å². The van der Waals surface area contributed by atoms with E-state index >= 15 is 0 Å². The minimum atomic E-state index is -1.89. The van der Waals surface area contributed by atoms with E-state index in [4.69, 9.17) is 9.16 Å². The molecule has 0 saturated carbocycles. The van der Waals surface area contributed by atoms with E-state index in [0.717, 1.165) is 12.8 Å². The van der Waals surface area contributed by atoms with E-state index in [1.807, 2.05) is 26.8 Å². The Bertz CT molecular complexity index is 435. The van der Waals surface area contributed by atoms with Crippen LogP contribution in [0.2, 0.25) is 18.1 Å². The van der Waals surface area contributed by atoms with Gasteiger partial charge in [-0.15, -0.1) is 6.58 Å². The highest BCUT2D eigenvalue weighted by atomic mass is 28.4. The van der Waals surface area contributed by atoms with Gasteiger partial charge < -0.3 is 9.16 Å². The zero-order chi connectivity index (χ0) is 18.1. The minimum absolute atomic E-state index is 0.00894. The fourth-order valence-electron chi connectivity index (χ4n) is 2.48. The summed E-state index contributed by atoms with van der Waals surface area (Å²) in [4.78, 5) is 14.3.